The van der Waals surface area contributed by atoms with Crippen LogP contribution in [-0.2, 0) is 6.54 Å². The van der Waals surface area contributed by atoms with Crippen molar-refractivity contribution < 1.29 is 0 Å². The molecule has 2 saturated heterocycles. The maximum absolute atomic E-state index is 4.42. The number of nitrogens with zero attached hydrogens (tertiary/aromatic N) is 3. The summed E-state index contributed by atoms with van der Waals surface area (Å²) in [5.41, 5.74) is 1.68. The highest BCUT2D eigenvalue weighted by Crippen LogP contribution is 2.26. The van der Waals surface area contributed by atoms with E-state index in [9.17, 15) is 0 Å². The van der Waals surface area contributed by atoms with Crippen LogP contribution in [0.3, 0.4) is 0 Å². The van der Waals surface area contributed by atoms with Crippen LogP contribution in [0.25, 0.3) is 0 Å². The molecule has 1 N–H and O–H groups in total. The van der Waals surface area contributed by atoms with Crippen molar-refractivity contribution in [3.8, 4) is 0 Å². The molecule has 0 radical (unpaired) electrons. The topological polar surface area (TPSA) is 31.4 Å². The molecule has 3 heterocycles. The Labute approximate surface area is 122 Å². The Morgan fingerprint density at radius 3 is 2.65 bits per heavy atom. The number of piperazine rings is 1. The normalized spacial score (nSPS) is 28.9. The lowest BCUT2D eigenvalue weighted by atomic mass is 9.89. The summed E-state index contributed by atoms with van der Waals surface area (Å²) < 4.78 is 0. The van der Waals surface area contributed by atoms with E-state index in [1.807, 2.05) is 12.3 Å². The van der Waals surface area contributed by atoms with Gasteiger partial charge in [-0.25, -0.2) is 0 Å². The van der Waals surface area contributed by atoms with Gasteiger partial charge in [-0.3, -0.25) is 9.88 Å². The molecule has 2 fully saturated rings. The molecular formula is C16H26N4. The maximum Gasteiger partial charge on any atom is 0.0543 e. The third-order valence-corrected chi connectivity index (χ3v) is 4.64. The van der Waals surface area contributed by atoms with Crippen LogP contribution in [0.4, 0.5) is 0 Å². The minimum Gasteiger partial charge on any atom is -0.316 e. The highest BCUT2D eigenvalue weighted by molar-refractivity contribution is 5.03. The van der Waals surface area contributed by atoms with Crippen molar-refractivity contribution in [2.45, 2.75) is 19.9 Å². The van der Waals surface area contributed by atoms with Crippen LogP contribution in [0, 0.1) is 5.41 Å². The van der Waals surface area contributed by atoms with Crippen molar-refractivity contribution >= 4 is 0 Å². The Morgan fingerprint density at radius 2 is 2.00 bits per heavy atom. The molecule has 4 nitrogen and oxygen atoms in total. The van der Waals surface area contributed by atoms with Crippen molar-refractivity contribution in [3.63, 3.8) is 0 Å². The molecule has 110 valence electrons. The number of hydrogen-bond acceptors (Lipinski definition) is 4. The average Bonchev–Trinajstić information content (AvgIpc) is 2.89. The molecule has 3 rings (SSSR count). The third kappa shape index (κ3) is 3.57. The van der Waals surface area contributed by atoms with Gasteiger partial charge in [0.2, 0.25) is 0 Å². The molecule has 0 bridgehead atoms. The summed E-state index contributed by atoms with van der Waals surface area (Å²) in [7, 11) is 0. The molecule has 2 aliphatic heterocycles. The summed E-state index contributed by atoms with van der Waals surface area (Å²) in [5, 5.41) is 3.50. The van der Waals surface area contributed by atoms with E-state index < -0.39 is 0 Å². The number of nitrogens with one attached hydrogen (secondary N) is 1. The lowest BCUT2D eigenvalue weighted by Gasteiger charge is -2.38. The number of pyridine rings is 1. The summed E-state index contributed by atoms with van der Waals surface area (Å²) in [6.45, 7) is 11.8. The Kier molecular flexibility index (Phi) is 4.34. The van der Waals surface area contributed by atoms with Crippen LogP contribution in [-0.4, -0.2) is 60.6 Å². The first-order chi connectivity index (χ1) is 9.73. The molecule has 0 spiro atoms. The minimum absolute atomic E-state index is 0.489. The lowest BCUT2D eigenvalue weighted by molar-refractivity contribution is 0.0926. The van der Waals surface area contributed by atoms with E-state index in [2.05, 4.69) is 39.2 Å². The van der Waals surface area contributed by atoms with E-state index in [1.54, 1.807) is 0 Å². The molecule has 1 atom stereocenters. The van der Waals surface area contributed by atoms with E-state index in [0.29, 0.717) is 5.41 Å². The molecule has 1 aromatic heterocycles. The molecule has 0 saturated carbocycles. The van der Waals surface area contributed by atoms with Crippen molar-refractivity contribution in [2.24, 2.45) is 5.41 Å². The smallest absolute Gasteiger partial charge is 0.0543 e. The van der Waals surface area contributed by atoms with Gasteiger partial charge in [0.15, 0.2) is 0 Å². The second-order valence-corrected chi connectivity index (χ2v) is 6.61. The maximum atomic E-state index is 4.42. The quantitative estimate of drug-likeness (QED) is 0.894. The molecule has 20 heavy (non-hydrogen) atoms. The predicted octanol–water partition coefficient (Wildman–Crippen LogP) is 1.20. The van der Waals surface area contributed by atoms with Crippen molar-refractivity contribution in [1.29, 1.82) is 0 Å². The van der Waals surface area contributed by atoms with Crippen LogP contribution in [0.1, 0.15) is 19.0 Å². The van der Waals surface area contributed by atoms with Crippen molar-refractivity contribution in [1.82, 2.24) is 20.1 Å². The largest absolute Gasteiger partial charge is 0.316 e. The van der Waals surface area contributed by atoms with Gasteiger partial charge in [0.1, 0.15) is 0 Å². The summed E-state index contributed by atoms with van der Waals surface area (Å²) in [6.07, 6.45) is 3.21. The number of hydrogen-bond donors (Lipinski definition) is 1. The fourth-order valence-corrected chi connectivity index (χ4v) is 3.37. The zero-order valence-electron chi connectivity index (χ0n) is 12.5. The fourth-order valence-electron chi connectivity index (χ4n) is 3.37. The molecule has 1 aromatic rings. The van der Waals surface area contributed by atoms with Gasteiger partial charge in [-0.15, -0.1) is 0 Å². The predicted molar refractivity (Wildman–Crippen MR) is 81.5 cm³/mol. The van der Waals surface area contributed by atoms with Crippen LogP contribution >= 0.6 is 0 Å². The van der Waals surface area contributed by atoms with Gasteiger partial charge in [0, 0.05) is 52.0 Å². The highest BCUT2D eigenvalue weighted by atomic mass is 15.3. The Morgan fingerprint density at radius 1 is 1.20 bits per heavy atom. The third-order valence-electron chi connectivity index (χ3n) is 4.64. The van der Waals surface area contributed by atoms with Gasteiger partial charge < -0.3 is 10.2 Å². The fraction of sp³-hybridized carbons (Fsp3) is 0.688. The second kappa shape index (κ2) is 6.20. The van der Waals surface area contributed by atoms with Crippen molar-refractivity contribution in [3.05, 3.63) is 30.1 Å². The Balaban J connectivity index is 1.45. The second-order valence-electron chi connectivity index (χ2n) is 6.61. The first kappa shape index (κ1) is 14.0. The summed E-state index contributed by atoms with van der Waals surface area (Å²) >= 11 is 0. The van der Waals surface area contributed by atoms with E-state index in [0.717, 1.165) is 6.54 Å². The van der Waals surface area contributed by atoms with E-state index in [1.165, 1.54) is 57.9 Å². The van der Waals surface area contributed by atoms with E-state index in [-0.39, 0.29) is 0 Å². The molecular weight excluding hydrogens is 248 g/mol. The molecule has 0 aromatic carbocycles. The zero-order chi connectivity index (χ0) is 13.8. The molecule has 0 aliphatic carbocycles. The van der Waals surface area contributed by atoms with Gasteiger partial charge >= 0.3 is 0 Å². The summed E-state index contributed by atoms with van der Waals surface area (Å²) in [6, 6.07) is 6.18. The summed E-state index contributed by atoms with van der Waals surface area (Å²) in [5.74, 6) is 0. The Hall–Kier alpha value is -0.970. The number of aromatic nitrogens is 1. The van der Waals surface area contributed by atoms with Gasteiger partial charge in [-0.05, 0) is 30.5 Å². The van der Waals surface area contributed by atoms with Gasteiger partial charge in [0.25, 0.3) is 0 Å². The SMILES string of the molecule is CC1(CN2CCN(Cc3ccccn3)CC2)CCNC1. The number of rotatable bonds is 4. The first-order valence-electron chi connectivity index (χ1n) is 7.79. The monoisotopic (exact) mass is 274 g/mol. The van der Waals surface area contributed by atoms with Gasteiger partial charge in [-0.2, -0.15) is 0 Å². The van der Waals surface area contributed by atoms with Gasteiger partial charge in [0.05, 0.1) is 5.69 Å². The zero-order valence-corrected chi connectivity index (χ0v) is 12.5. The van der Waals surface area contributed by atoms with E-state index in [4.69, 9.17) is 0 Å². The minimum atomic E-state index is 0.489. The first-order valence-corrected chi connectivity index (χ1v) is 7.79. The van der Waals surface area contributed by atoms with Crippen LogP contribution in [0.5, 0.6) is 0 Å². The lowest BCUT2D eigenvalue weighted by Crippen LogP contribution is -2.49. The van der Waals surface area contributed by atoms with Crippen molar-refractivity contribution in [2.75, 3.05) is 45.8 Å². The molecule has 4 heteroatoms. The van der Waals surface area contributed by atoms with E-state index >= 15 is 0 Å². The van der Waals surface area contributed by atoms with Crippen LogP contribution < -0.4 is 5.32 Å². The average molecular weight is 274 g/mol. The Bertz CT molecular complexity index is 406. The molecule has 1 unspecified atom stereocenters. The van der Waals surface area contributed by atoms with Gasteiger partial charge in [-0.1, -0.05) is 13.0 Å². The summed E-state index contributed by atoms with van der Waals surface area (Å²) in [4.78, 5) is 9.59. The molecule has 2 aliphatic rings. The van der Waals surface area contributed by atoms with Crippen LogP contribution in [0.2, 0.25) is 0 Å². The highest BCUT2D eigenvalue weighted by Gasteiger charge is 2.31. The standard InChI is InChI=1S/C16H26N4/c1-16(5-7-17-13-16)14-20-10-8-19(9-11-20)12-15-4-2-3-6-18-15/h2-4,6,17H,5,7-14H2,1H3. The molecule has 0 amide bonds. The van der Waals surface area contributed by atoms with Crippen LogP contribution in [0.15, 0.2) is 24.4 Å².